The molecule has 2 heterocycles. The largest absolute Gasteiger partial charge is 0.467 e. The smallest absolute Gasteiger partial charge is 0.138 e. The van der Waals surface area contributed by atoms with Crippen LogP contribution in [0, 0.1) is 0 Å². The van der Waals surface area contributed by atoms with Crippen LogP contribution < -0.4 is 5.32 Å². The number of anilines is 1. The summed E-state index contributed by atoms with van der Waals surface area (Å²) in [7, 11) is 0. The molecule has 1 aromatic carbocycles. The molecule has 1 atom stereocenters. The monoisotopic (exact) mass is 254 g/mol. The standard InChI is InChI=1S/C14H14N4O/c1-11(14-3-2-8-19-14)17-12-4-6-13(7-5-12)18-10-15-9-16-18/h2-11,17H,1H3. The quantitative estimate of drug-likeness (QED) is 0.777. The minimum absolute atomic E-state index is 0.132. The van der Waals surface area contributed by atoms with Gasteiger partial charge in [0.2, 0.25) is 0 Å². The van der Waals surface area contributed by atoms with Crippen LogP contribution in [0.2, 0.25) is 0 Å². The van der Waals surface area contributed by atoms with Crippen LogP contribution in [-0.2, 0) is 0 Å². The van der Waals surface area contributed by atoms with Crippen LogP contribution in [-0.4, -0.2) is 14.8 Å². The summed E-state index contributed by atoms with van der Waals surface area (Å²) in [5.74, 6) is 0.917. The van der Waals surface area contributed by atoms with E-state index < -0.39 is 0 Å². The van der Waals surface area contributed by atoms with Crippen LogP contribution in [0.25, 0.3) is 5.69 Å². The lowest BCUT2D eigenvalue weighted by Gasteiger charge is -2.13. The minimum atomic E-state index is 0.132. The lowest BCUT2D eigenvalue weighted by atomic mass is 10.2. The van der Waals surface area contributed by atoms with E-state index in [0.717, 1.165) is 17.1 Å². The molecule has 3 rings (SSSR count). The van der Waals surface area contributed by atoms with Gasteiger partial charge in [-0.15, -0.1) is 0 Å². The normalized spacial score (nSPS) is 12.3. The van der Waals surface area contributed by atoms with Gasteiger partial charge in [0.25, 0.3) is 0 Å². The van der Waals surface area contributed by atoms with Crippen LogP contribution in [0.15, 0.2) is 59.7 Å². The van der Waals surface area contributed by atoms with Gasteiger partial charge in [-0.2, -0.15) is 5.10 Å². The van der Waals surface area contributed by atoms with E-state index >= 15 is 0 Å². The first-order valence-corrected chi connectivity index (χ1v) is 6.08. The van der Waals surface area contributed by atoms with Gasteiger partial charge in [-0.05, 0) is 43.3 Å². The number of furan rings is 1. The number of hydrogen-bond acceptors (Lipinski definition) is 4. The molecule has 0 aliphatic heterocycles. The second-order valence-electron chi connectivity index (χ2n) is 4.27. The predicted molar refractivity (Wildman–Crippen MR) is 72.1 cm³/mol. The van der Waals surface area contributed by atoms with Crippen molar-refractivity contribution in [2.45, 2.75) is 13.0 Å². The fourth-order valence-corrected chi connectivity index (χ4v) is 1.91. The lowest BCUT2D eigenvalue weighted by Crippen LogP contribution is -2.05. The second kappa shape index (κ2) is 4.97. The number of rotatable bonds is 4. The Bertz CT molecular complexity index is 614. The molecular formula is C14H14N4O. The first-order valence-electron chi connectivity index (χ1n) is 6.08. The second-order valence-corrected chi connectivity index (χ2v) is 4.27. The molecule has 5 heteroatoms. The topological polar surface area (TPSA) is 55.9 Å². The van der Waals surface area contributed by atoms with E-state index in [1.165, 1.54) is 6.33 Å². The van der Waals surface area contributed by atoms with Crippen molar-refractivity contribution >= 4 is 5.69 Å². The summed E-state index contributed by atoms with van der Waals surface area (Å²) >= 11 is 0. The van der Waals surface area contributed by atoms with Gasteiger partial charge in [0, 0.05) is 5.69 Å². The van der Waals surface area contributed by atoms with Crippen molar-refractivity contribution in [2.24, 2.45) is 0 Å². The summed E-state index contributed by atoms with van der Waals surface area (Å²) < 4.78 is 7.09. The molecular weight excluding hydrogens is 240 g/mol. The maximum absolute atomic E-state index is 5.37. The Morgan fingerprint density at radius 1 is 1.21 bits per heavy atom. The number of aromatic nitrogens is 3. The lowest BCUT2D eigenvalue weighted by molar-refractivity contribution is 0.490. The molecule has 1 N–H and O–H groups in total. The molecule has 96 valence electrons. The van der Waals surface area contributed by atoms with Gasteiger partial charge in [0.15, 0.2) is 0 Å². The van der Waals surface area contributed by atoms with Crippen LogP contribution in [0.3, 0.4) is 0 Å². The van der Waals surface area contributed by atoms with E-state index in [1.54, 1.807) is 17.3 Å². The van der Waals surface area contributed by atoms with E-state index in [4.69, 9.17) is 4.42 Å². The molecule has 0 bridgehead atoms. The SMILES string of the molecule is CC(Nc1ccc(-n2cncn2)cc1)c1ccco1. The fraction of sp³-hybridized carbons (Fsp3) is 0.143. The molecule has 0 aliphatic rings. The van der Waals surface area contributed by atoms with Gasteiger partial charge in [0.1, 0.15) is 18.4 Å². The van der Waals surface area contributed by atoms with Gasteiger partial charge in [0.05, 0.1) is 18.0 Å². The summed E-state index contributed by atoms with van der Waals surface area (Å²) in [6.45, 7) is 2.06. The van der Waals surface area contributed by atoms with Crippen molar-refractivity contribution in [3.8, 4) is 5.69 Å². The van der Waals surface area contributed by atoms with E-state index in [9.17, 15) is 0 Å². The Labute approximate surface area is 110 Å². The van der Waals surface area contributed by atoms with Crippen molar-refractivity contribution in [3.05, 3.63) is 61.1 Å². The highest BCUT2D eigenvalue weighted by Crippen LogP contribution is 2.20. The fourth-order valence-electron chi connectivity index (χ4n) is 1.91. The van der Waals surface area contributed by atoms with Crippen molar-refractivity contribution in [3.63, 3.8) is 0 Å². The van der Waals surface area contributed by atoms with Gasteiger partial charge in [-0.25, -0.2) is 9.67 Å². The van der Waals surface area contributed by atoms with Crippen molar-refractivity contribution in [2.75, 3.05) is 5.32 Å². The van der Waals surface area contributed by atoms with Gasteiger partial charge in [-0.3, -0.25) is 0 Å². The molecule has 2 aromatic heterocycles. The highest BCUT2D eigenvalue weighted by atomic mass is 16.3. The molecule has 0 saturated carbocycles. The third-order valence-corrected chi connectivity index (χ3v) is 2.90. The first-order chi connectivity index (χ1) is 9.33. The minimum Gasteiger partial charge on any atom is -0.467 e. The zero-order valence-corrected chi connectivity index (χ0v) is 10.5. The Morgan fingerprint density at radius 3 is 2.68 bits per heavy atom. The molecule has 0 saturated heterocycles. The number of hydrogen-bond donors (Lipinski definition) is 1. The van der Waals surface area contributed by atoms with Gasteiger partial charge >= 0.3 is 0 Å². The highest BCUT2D eigenvalue weighted by Gasteiger charge is 2.07. The molecule has 1 unspecified atom stereocenters. The van der Waals surface area contributed by atoms with Crippen LogP contribution in [0.1, 0.15) is 18.7 Å². The molecule has 0 radical (unpaired) electrons. The van der Waals surface area contributed by atoms with Gasteiger partial charge < -0.3 is 9.73 Å². The molecule has 5 nitrogen and oxygen atoms in total. The summed E-state index contributed by atoms with van der Waals surface area (Å²) in [6.07, 6.45) is 4.88. The molecule has 0 fully saturated rings. The number of nitrogens with zero attached hydrogens (tertiary/aromatic N) is 3. The molecule has 3 aromatic rings. The van der Waals surface area contributed by atoms with Crippen LogP contribution in [0.5, 0.6) is 0 Å². The molecule has 19 heavy (non-hydrogen) atoms. The Balaban J connectivity index is 1.73. The van der Waals surface area contributed by atoms with Crippen molar-refractivity contribution in [1.82, 2.24) is 14.8 Å². The van der Waals surface area contributed by atoms with Gasteiger partial charge in [-0.1, -0.05) is 0 Å². The molecule has 0 aliphatic carbocycles. The molecule has 0 spiro atoms. The Kier molecular flexibility index (Phi) is 3.02. The zero-order chi connectivity index (χ0) is 13.1. The Morgan fingerprint density at radius 2 is 2.05 bits per heavy atom. The maximum atomic E-state index is 5.37. The Hall–Kier alpha value is -2.56. The maximum Gasteiger partial charge on any atom is 0.138 e. The van der Waals surface area contributed by atoms with E-state index in [-0.39, 0.29) is 6.04 Å². The van der Waals surface area contributed by atoms with E-state index in [1.807, 2.05) is 36.4 Å². The number of benzene rings is 1. The van der Waals surface area contributed by atoms with Crippen LogP contribution >= 0.6 is 0 Å². The highest BCUT2D eigenvalue weighted by molar-refractivity contribution is 5.49. The summed E-state index contributed by atoms with van der Waals surface area (Å²) in [5, 5.41) is 7.47. The zero-order valence-electron chi connectivity index (χ0n) is 10.5. The van der Waals surface area contributed by atoms with Crippen molar-refractivity contribution in [1.29, 1.82) is 0 Å². The van der Waals surface area contributed by atoms with Crippen LogP contribution in [0.4, 0.5) is 5.69 Å². The van der Waals surface area contributed by atoms with E-state index in [0.29, 0.717) is 0 Å². The summed E-state index contributed by atoms with van der Waals surface area (Å²) in [4.78, 5) is 3.93. The molecule has 0 amide bonds. The third-order valence-electron chi connectivity index (χ3n) is 2.90. The summed E-state index contributed by atoms with van der Waals surface area (Å²) in [5.41, 5.74) is 2.02. The third kappa shape index (κ3) is 2.49. The number of nitrogens with one attached hydrogen (secondary N) is 1. The average Bonchev–Trinajstić information content (AvgIpc) is 3.13. The van der Waals surface area contributed by atoms with E-state index in [2.05, 4.69) is 22.3 Å². The predicted octanol–water partition coefficient (Wildman–Crippen LogP) is 3.03. The average molecular weight is 254 g/mol. The summed E-state index contributed by atoms with van der Waals surface area (Å²) in [6, 6.07) is 12.0. The van der Waals surface area contributed by atoms with Crippen molar-refractivity contribution < 1.29 is 4.42 Å². The first kappa shape index (κ1) is 11.5.